The Balaban J connectivity index is 1.43. The molecule has 0 unspecified atom stereocenters. The maximum atomic E-state index is 4.49. The van der Waals surface area contributed by atoms with Gasteiger partial charge in [0.1, 0.15) is 0 Å². The molecule has 0 spiro atoms. The Morgan fingerprint density at radius 3 is 2.55 bits per heavy atom. The molecule has 0 aliphatic carbocycles. The minimum Gasteiger partial charge on any atom is -0.341 e. The van der Waals surface area contributed by atoms with Gasteiger partial charge in [-0.25, -0.2) is 9.97 Å². The predicted octanol–water partition coefficient (Wildman–Crippen LogP) is 1.17. The van der Waals surface area contributed by atoms with E-state index in [4.69, 9.17) is 0 Å². The lowest BCUT2D eigenvalue weighted by atomic mass is 9.98. The molecule has 2 N–H and O–H groups in total. The van der Waals surface area contributed by atoms with Gasteiger partial charge < -0.3 is 15.5 Å². The molecule has 3 heterocycles. The molecule has 0 saturated carbocycles. The zero-order chi connectivity index (χ0) is 13.6. The molecule has 0 bridgehead atoms. The van der Waals surface area contributed by atoms with E-state index in [0.717, 1.165) is 38.0 Å². The number of hydrogen-bond acceptors (Lipinski definition) is 5. The van der Waals surface area contributed by atoms with Crippen LogP contribution >= 0.6 is 0 Å². The molecule has 110 valence electrons. The summed E-state index contributed by atoms with van der Waals surface area (Å²) < 4.78 is 0. The Kier molecular flexibility index (Phi) is 4.82. The van der Waals surface area contributed by atoms with Crippen molar-refractivity contribution in [2.45, 2.75) is 32.2 Å². The molecule has 1 aromatic rings. The minimum absolute atomic E-state index is 0.820. The van der Waals surface area contributed by atoms with Crippen molar-refractivity contribution in [3.63, 3.8) is 0 Å². The van der Waals surface area contributed by atoms with Crippen LogP contribution in [0.2, 0.25) is 0 Å². The van der Waals surface area contributed by atoms with Crippen LogP contribution in [-0.4, -0.2) is 42.7 Å². The highest BCUT2D eigenvalue weighted by molar-refractivity contribution is 5.30. The van der Waals surface area contributed by atoms with Crippen molar-refractivity contribution < 1.29 is 0 Å². The van der Waals surface area contributed by atoms with Crippen LogP contribution in [-0.2, 0) is 6.54 Å². The normalized spacial score (nSPS) is 20.5. The SMILES string of the molecule is c1nc(N2CCCC2)ncc1CNCC1CCNCC1. The number of nitrogens with zero attached hydrogens (tertiary/aromatic N) is 3. The molecule has 0 amide bonds. The Morgan fingerprint density at radius 1 is 1.15 bits per heavy atom. The molecule has 1 aromatic heterocycles. The lowest BCUT2D eigenvalue weighted by Gasteiger charge is -2.22. The molecule has 2 aliphatic heterocycles. The summed E-state index contributed by atoms with van der Waals surface area (Å²) in [5, 5.41) is 6.94. The highest BCUT2D eigenvalue weighted by atomic mass is 15.3. The molecule has 5 nitrogen and oxygen atoms in total. The molecule has 5 heteroatoms. The molecule has 2 aliphatic rings. The van der Waals surface area contributed by atoms with Crippen LogP contribution in [0.25, 0.3) is 0 Å². The molecule has 0 atom stereocenters. The average Bonchev–Trinajstić information content (AvgIpc) is 3.03. The summed E-state index contributed by atoms with van der Waals surface area (Å²) in [6, 6.07) is 0. The molecular formula is C15H25N5. The van der Waals surface area contributed by atoms with Gasteiger partial charge in [-0.2, -0.15) is 0 Å². The van der Waals surface area contributed by atoms with E-state index in [2.05, 4.69) is 25.5 Å². The van der Waals surface area contributed by atoms with E-state index in [1.54, 1.807) is 0 Å². The average molecular weight is 275 g/mol. The van der Waals surface area contributed by atoms with Crippen LogP contribution < -0.4 is 15.5 Å². The standard InChI is InChI=1S/C15H25N5/c1-2-8-20(7-1)15-18-11-14(12-19-15)10-17-9-13-3-5-16-6-4-13/h11-13,16-17H,1-10H2. The minimum atomic E-state index is 0.820. The van der Waals surface area contributed by atoms with Gasteiger partial charge in [0.15, 0.2) is 0 Å². The van der Waals surface area contributed by atoms with Crippen molar-refractivity contribution in [2.24, 2.45) is 5.92 Å². The van der Waals surface area contributed by atoms with Crippen molar-refractivity contribution >= 4 is 5.95 Å². The second kappa shape index (κ2) is 6.99. The number of nitrogens with one attached hydrogen (secondary N) is 2. The molecule has 2 fully saturated rings. The van der Waals surface area contributed by atoms with Gasteiger partial charge in [-0.3, -0.25) is 0 Å². The molecule has 20 heavy (non-hydrogen) atoms. The van der Waals surface area contributed by atoms with Crippen molar-refractivity contribution in [2.75, 3.05) is 37.6 Å². The van der Waals surface area contributed by atoms with Crippen LogP contribution in [0.1, 0.15) is 31.2 Å². The van der Waals surface area contributed by atoms with Crippen LogP contribution in [0.15, 0.2) is 12.4 Å². The predicted molar refractivity (Wildman–Crippen MR) is 80.8 cm³/mol. The van der Waals surface area contributed by atoms with Gasteiger partial charge in [-0.1, -0.05) is 0 Å². The molecule has 0 aromatic carbocycles. The van der Waals surface area contributed by atoms with E-state index < -0.39 is 0 Å². The van der Waals surface area contributed by atoms with E-state index in [1.807, 2.05) is 12.4 Å². The third kappa shape index (κ3) is 3.67. The van der Waals surface area contributed by atoms with E-state index in [9.17, 15) is 0 Å². The largest absolute Gasteiger partial charge is 0.341 e. The van der Waals surface area contributed by atoms with Crippen LogP contribution in [0, 0.1) is 5.92 Å². The van der Waals surface area contributed by atoms with E-state index >= 15 is 0 Å². The molecule has 3 rings (SSSR count). The monoisotopic (exact) mass is 275 g/mol. The Labute approximate surface area is 121 Å². The lowest BCUT2D eigenvalue weighted by Crippen LogP contribution is -2.33. The zero-order valence-electron chi connectivity index (χ0n) is 12.1. The second-order valence-electron chi connectivity index (χ2n) is 5.91. The Hall–Kier alpha value is -1.20. The third-order valence-electron chi connectivity index (χ3n) is 4.30. The number of rotatable bonds is 5. The number of piperidine rings is 1. The Bertz CT molecular complexity index is 393. The summed E-state index contributed by atoms with van der Waals surface area (Å²) >= 11 is 0. The van der Waals surface area contributed by atoms with Gasteiger partial charge >= 0.3 is 0 Å². The second-order valence-corrected chi connectivity index (χ2v) is 5.91. The van der Waals surface area contributed by atoms with Gasteiger partial charge in [0.25, 0.3) is 0 Å². The van der Waals surface area contributed by atoms with Crippen molar-refractivity contribution in [3.8, 4) is 0 Å². The fraction of sp³-hybridized carbons (Fsp3) is 0.733. The van der Waals surface area contributed by atoms with Crippen molar-refractivity contribution in [1.82, 2.24) is 20.6 Å². The highest BCUT2D eigenvalue weighted by Gasteiger charge is 2.15. The van der Waals surface area contributed by atoms with E-state index in [-0.39, 0.29) is 0 Å². The molecular weight excluding hydrogens is 250 g/mol. The van der Waals surface area contributed by atoms with Crippen LogP contribution in [0.4, 0.5) is 5.95 Å². The van der Waals surface area contributed by atoms with Gasteiger partial charge in [-0.05, 0) is 51.2 Å². The molecule has 2 saturated heterocycles. The Morgan fingerprint density at radius 2 is 1.85 bits per heavy atom. The van der Waals surface area contributed by atoms with Gasteiger partial charge in [0, 0.05) is 37.6 Å². The first-order chi connectivity index (χ1) is 9.92. The topological polar surface area (TPSA) is 53.1 Å². The number of aromatic nitrogens is 2. The van der Waals surface area contributed by atoms with Crippen molar-refractivity contribution in [1.29, 1.82) is 0 Å². The zero-order valence-corrected chi connectivity index (χ0v) is 12.1. The lowest BCUT2D eigenvalue weighted by molar-refractivity contribution is 0.356. The summed E-state index contributed by atoms with van der Waals surface area (Å²) in [5.74, 6) is 1.71. The third-order valence-corrected chi connectivity index (χ3v) is 4.30. The van der Waals surface area contributed by atoms with E-state index in [0.29, 0.717) is 0 Å². The fourth-order valence-corrected chi connectivity index (χ4v) is 3.03. The number of anilines is 1. The maximum absolute atomic E-state index is 4.49. The van der Waals surface area contributed by atoms with E-state index in [1.165, 1.54) is 44.3 Å². The maximum Gasteiger partial charge on any atom is 0.225 e. The highest BCUT2D eigenvalue weighted by Crippen LogP contribution is 2.15. The summed E-state index contributed by atoms with van der Waals surface area (Å²) in [7, 11) is 0. The quantitative estimate of drug-likeness (QED) is 0.845. The fourth-order valence-electron chi connectivity index (χ4n) is 3.03. The van der Waals surface area contributed by atoms with Crippen LogP contribution in [0.5, 0.6) is 0 Å². The first-order valence-corrected chi connectivity index (χ1v) is 7.89. The first-order valence-electron chi connectivity index (χ1n) is 7.89. The summed E-state index contributed by atoms with van der Waals surface area (Å²) in [5.41, 5.74) is 1.18. The summed E-state index contributed by atoms with van der Waals surface area (Å²) in [6.45, 7) is 6.53. The van der Waals surface area contributed by atoms with Crippen LogP contribution in [0.3, 0.4) is 0 Å². The molecule has 0 radical (unpaired) electrons. The van der Waals surface area contributed by atoms with Gasteiger partial charge in [0.05, 0.1) is 0 Å². The summed E-state index contributed by atoms with van der Waals surface area (Å²) in [6.07, 6.45) is 9.05. The van der Waals surface area contributed by atoms with Gasteiger partial charge in [0.2, 0.25) is 5.95 Å². The first kappa shape index (κ1) is 13.8. The smallest absolute Gasteiger partial charge is 0.225 e. The van der Waals surface area contributed by atoms with Gasteiger partial charge in [-0.15, -0.1) is 0 Å². The summed E-state index contributed by atoms with van der Waals surface area (Å²) in [4.78, 5) is 11.3. The number of hydrogen-bond donors (Lipinski definition) is 2. The van der Waals surface area contributed by atoms with Crippen molar-refractivity contribution in [3.05, 3.63) is 18.0 Å².